The van der Waals surface area contributed by atoms with Crippen molar-refractivity contribution in [1.82, 2.24) is 15.5 Å². The first kappa shape index (κ1) is 36.2. The highest BCUT2D eigenvalue weighted by Gasteiger charge is 2.31. The number of benzene rings is 2. The zero-order chi connectivity index (χ0) is 32.6. The Labute approximate surface area is 276 Å². The van der Waals surface area contributed by atoms with Crippen molar-refractivity contribution in [3.63, 3.8) is 0 Å². The highest BCUT2D eigenvalue weighted by molar-refractivity contribution is 5.78. The van der Waals surface area contributed by atoms with Crippen LogP contribution in [0.1, 0.15) is 75.0 Å². The summed E-state index contributed by atoms with van der Waals surface area (Å²) in [6, 6.07) is 15.9. The van der Waals surface area contributed by atoms with Gasteiger partial charge in [0.25, 0.3) is 0 Å². The van der Waals surface area contributed by atoms with Gasteiger partial charge in [-0.05, 0) is 61.4 Å². The number of nitrogens with zero attached hydrogens (tertiary/aromatic N) is 1. The van der Waals surface area contributed by atoms with Crippen molar-refractivity contribution in [2.75, 3.05) is 60.7 Å². The number of aliphatic hydroxyl groups excluding tert-OH is 1. The summed E-state index contributed by atoms with van der Waals surface area (Å²) in [4.78, 5) is 15.8. The predicted octanol–water partition coefficient (Wildman–Crippen LogP) is 5.12. The van der Waals surface area contributed by atoms with Gasteiger partial charge in [0, 0.05) is 51.9 Å². The third-order valence-corrected chi connectivity index (χ3v) is 9.47. The van der Waals surface area contributed by atoms with E-state index in [1.54, 1.807) is 21.3 Å². The van der Waals surface area contributed by atoms with Crippen LogP contribution < -0.4 is 20.1 Å². The number of amides is 1. The number of piperidine rings is 1. The third-order valence-electron chi connectivity index (χ3n) is 9.47. The van der Waals surface area contributed by atoms with Gasteiger partial charge >= 0.3 is 0 Å². The summed E-state index contributed by atoms with van der Waals surface area (Å²) in [6.07, 6.45) is 9.08. The van der Waals surface area contributed by atoms with E-state index in [1.807, 2.05) is 24.3 Å². The summed E-state index contributed by atoms with van der Waals surface area (Å²) in [5, 5.41) is 18.0. The number of carbonyl (C=O) groups excluding carboxylic acids is 1. The molecule has 4 atom stereocenters. The van der Waals surface area contributed by atoms with Gasteiger partial charge < -0.3 is 34.7 Å². The molecule has 1 saturated heterocycles. The largest absolute Gasteiger partial charge is 0.497 e. The Kier molecular flexibility index (Phi) is 15.6. The fourth-order valence-corrected chi connectivity index (χ4v) is 7.07. The molecule has 4 rings (SSSR count). The second-order valence-electron chi connectivity index (χ2n) is 13.0. The summed E-state index contributed by atoms with van der Waals surface area (Å²) in [6.45, 7) is 4.27. The molecule has 256 valence electrons. The molecule has 1 unspecified atom stereocenters. The summed E-state index contributed by atoms with van der Waals surface area (Å²) >= 11 is 0. The number of methoxy groups -OCH3 is 3. The van der Waals surface area contributed by atoms with Crippen LogP contribution in [0.4, 0.5) is 0 Å². The lowest BCUT2D eigenvalue weighted by Gasteiger charge is -2.37. The molecule has 9 heteroatoms. The first-order valence-electron chi connectivity index (χ1n) is 17.3. The highest BCUT2D eigenvalue weighted by Crippen LogP contribution is 2.33. The van der Waals surface area contributed by atoms with Gasteiger partial charge in [-0.2, -0.15) is 0 Å². The normalized spacial score (nSPS) is 19.7. The fraction of sp³-hybridized carbons (Fsp3) is 0.649. The highest BCUT2D eigenvalue weighted by atomic mass is 16.5. The Morgan fingerprint density at radius 2 is 1.70 bits per heavy atom. The molecule has 46 heavy (non-hydrogen) atoms. The van der Waals surface area contributed by atoms with Crippen molar-refractivity contribution in [3.05, 3.63) is 59.7 Å². The van der Waals surface area contributed by atoms with E-state index in [4.69, 9.17) is 18.9 Å². The molecule has 0 aromatic heterocycles. The maximum absolute atomic E-state index is 13.5. The van der Waals surface area contributed by atoms with E-state index >= 15 is 0 Å². The molecule has 0 bridgehead atoms. The average Bonchev–Trinajstić information content (AvgIpc) is 3.08. The van der Waals surface area contributed by atoms with E-state index in [-0.39, 0.29) is 18.1 Å². The number of ether oxygens (including phenoxy) is 4. The summed E-state index contributed by atoms with van der Waals surface area (Å²) in [5.74, 6) is 2.26. The van der Waals surface area contributed by atoms with Crippen molar-refractivity contribution in [1.29, 1.82) is 0 Å². The standard InChI is InChI=1S/C37H57N3O6/c1-43-18-11-19-46-37(30-14-8-5-9-15-30)31-16-10-17-40(26-31)27-36(42)39-34(22-28-12-6-4-7-13-28)35(41)25-38-24-29-20-32(44-2)23-33(21-29)45-3/h5,8-9,14-15,20-21,23,28,31,34-35,37-38,41H,4,6-7,10-13,16-19,22,24-27H2,1-3H3,(H,39,42)/t31-,34+,35?,37+/m1/s1. The van der Waals surface area contributed by atoms with Crippen LogP contribution in [0.25, 0.3) is 0 Å². The molecule has 1 aliphatic carbocycles. The number of nitrogens with one attached hydrogen (secondary N) is 2. The Balaban J connectivity index is 1.34. The minimum Gasteiger partial charge on any atom is -0.497 e. The first-order valence-corrected chi connectivity index (χ1v) is 17.3. The summed E-state index contributed by atoms with van der Waals surface area (Å²) in [7, 11) is 4.99. The minimum atomic E-state index is -0.699. The number of likely N-dealkylation sites (tertiary alicyclic amines) is 1. The maximum Gasteiger partial charge on any atom is 0.234 e. The Bertz CT molecular complexity index is 1120. The van der Waals surface area contributed by atoms with Crippen molar-refractivity contribution in [2.24, 2.45) is 11.8 Å². The van der Waals surface area contributed by atoms with Gasteiger partial charge in [0.2, 0.25) is 5.91 Å². The Hall–Kier alpha value is -2.69. The monoisotopic (exact) mass is 639 g/mol. The van der Waals surface area contributed by atoms with Gasteiger partial charge in [-0.25, -0.2) is 0 Å². The lowest BCUT2D eigenvalue weighted by atomic mass is 9.83. The van der Waals surface area contributed by atoms with E-state index in [0.717, 1.165) is 68.7 Å². The average molecular weight is 640 g/mol. The van der Waals surface area contributed by atoms with Gasteiger partial charge in [-0.3, -0.25) is 9.69 Å². The molecule has 2 fully saturated rings. The Morgan fingerprint density at radius 1 is 0.957 bits per heavy atom. The van der Waals surface area contributed by atoms with Gasteiger partial charge in [0.05, 0.1) is 39.0 Å². The molecule has 0 radical (unpaired) electrons. The second-order valence-corrected chi connectivity index (χ2v) is 13.0. The first-order chi connectivity index (χ1) is 22.5. The van der Waals surface area contributed by atoms with Crippen LogP contribution in [0.15, 0.2) is 48.5 Å². The quantitative estimate of drug-likeness (QED) is 0.182. The van der Waals surface area contributed by atoms with Crippen molar-refractivity contribution < 1.29 is 28.8 Å². The number of rotatable bonds is 19. The molecule has 2 aliphatic rings. The zero-order valence-electron chi connectivity index (χ0n) is 28.3. The van der Waals surface area contributed by atoms with Crippen LogP contribution in [0.2, 0.25) is 0 Å². The lowest BCUT2D eigenvalue weighted by Crippen LogP contribution is -2.52. The summed E-state index contributed by atoms with van der Waals surface area (Å²) in [5.41, 5.74) is 2.19. The van der Waals surface area contributed by atoms with Gasteiger partial charge in [0.1, 0.15) is 11.5 Å². The zero-order valence-corrected chi connectivity index (χ0v) is 28.3. The van der Waals surface area contributed by atoms with E-state index in [2.05, 4.69) is 39.8 Å². The molecule has 3 N–H and O–H groups in total. The van der Waals surface area contributed by atoms with Crippen molar-refractivity contribution in [3.8, 4) is 11.5 Å². The third kappa shape index (κ3) is 11.8. The van der Waals surface area contributed by atoms with Gasteiger partial charge in [0.15, 0.2) is 0 Å². The molecular weight excluding hydrogens is 582 g/mol. The smallest absolute Gasteiger partial charge is 0.234 e. The van der Waals surface area contributed by atoms with Crippen LogP contribution >= 0.6 is 0 Å². The van der Waals surface area contributed by atoms with Crippen LogP contribution in [0.5, 0.6) is 11.5 Å². The number of hydrogen-bond donors (Lipinski definition) is 3. The SMILES string of the molecule is COCCCO[C@@H](c1ccccc1)[C@@H]1CCCN(CC(=O)N[C@@H](CC2CCCCC2)C(O)CNCc2cc(OC)cc(OC)c2)C1. The van der Waals surface area contributed by atoms with E-state index in [1.165, 1.54) is 24.8 Å². The number of hydrogen-bond acceptors (Lipinski definition) is 8. The molecule has 9 nitrogen and oxygen atoms in total. The van der Waals surface area contributed by atoms with E-state index < -0.39 is 6.10 Å². The molecule has 2 aromatic rings. The van der Waals surface area contributed by atoms with Crippen LogP contribution in [-0.4, -0.2) is 88.8 Å². The van der Waals surface area contributed by atoms with Crippen LogP contribution in [0.3, 0.4) is 0 Å². The number of carbonyl (C=O) groups is 1. The fourth-order valence-electron chi connectivity index (χ4n) is 7.07. The number of aliphatic hydroxyl groups is 1. The Morgan fingerprint density at radius 3 is 2.39 bits per heavy atom. The molecule has 0 spiro atoms. The predicted molar refractivity (Wildman–Crippen MR) is 181 cm³/mol. The van der Waals surface area contributed by atoms with E-state index in [9.17, 15) is 9.90 Å². The minimum absolute atomic E-state index is 0.0135. The summed E-state index contributed by atoms with van der Waals surface area (Å²) < 4.78 is 22.5. The molecule has 1 saturated carbocycles. The molecule has 1 amide bonds. The van der Waals surface area contributed by atoms with Crippen LogP contribution in [-0.2, 0) is 20.8 Å². The topological polar surface area (TPSA) is 102 Å². The van der Waals surface area contributed by atoms with Crippen LogP contribution in [0, 0.1) is 11.8 Å². The second kappa shape index (κ2) is 19.9. The lowest BCUT2D eigenvalue weighted by molar-refractivity contribution is -0.125. The van der Waals surface area contributed by atoms with Gasteiger partial charge in [-0.1, -0.05) is 62.4 Å². The molecular formula is C37H57N3O6. The maximum atomic E-state index is 13.5. The molecule has 2 aromatic carbocycles. The molecule has 1 heterocycles. The molecule has 1 aliphatic heterocycles. The van der Waals surface area contributed by atoms with E-state index in [0.29, 0.717) is 44.7 Å². The van der Waals surface area contributed by atoms with Crippen molar-refractivity contribution in [2.45, 2.75) is 82.6 Å². The van der Waals surface area contributed by atoms with Crippen molar-refractivity contribution >= 4 is 5.91 Å². The van der Waals surface area contributed by atoms with Gasteiger partial charge in [-0.15, -0.1) is 0 Å².